The van der Waals surface area contributed by atoms with Crippen molar-refractivity contribution in [3.63, 3.8) is 0 Å². The monoisotopic (exact) mass is 247 g/mol. The molecule has 0 saturated heterocycles. The summed E-state index contributed by atoms with van der Waals surface area (Å²) in [4.78, 5) is 0. The molecule has 2 aromatic carbocycles. The van der Waals surface area contributed by atoms with Gasteiger partial charge in [-0.15, -0.1) is 0 Å². The van der Waals surface area contributed by atoms with Gasteiger partial charge in [-0.3, -0.25) is 0 Å². The highest BCUT2D eigenvalue weighted by atomic mass is 19.1. The normalized spacial score (nSPS) is 10.1. The Hall–Kier alpha value is -2.23. The first-order chi connectivity index (χ1) is 8.77. The number of halogens is 1. The van der Waals surface area contributed by atoms with Crippen LogP contribution in [0, 0.1) is 5.82 Å². The van der Waals surface area contributed by atoms with E-state index in [0.29, 0.717) is 6.61 Å². The molecular formula is C14H14FNO2. The van der Waals surface area contributed by atoms with Gasteiger partial charge in [0, 0.05) is 0 Å². The molecule has 0 unspecified atom stereocenters. The summed E-state index contributed by atoms with van der Waals surface area (Å²) in [5.41, 5.74) is 5.90. The van der Waals surface area contributed by atoms with Crippen molar-refractivity contribution in [2.45, 2.75) is 0 Å². The molecule has 2 rings (SSSR count). The summed E-state index contributed by atoms with van der Waals surface area (Å²) in [6.45, 7) is 0.567. The van der Waals surface area contributed by atoms with Crippen LogP contribution >= 0.6 is 0 Å². The van der Waals surface area contributed by atoms with Gasteiger partial charge >= 0.3 is 0 Å². The second-order valence-corrected chi connectivity index (χ2v) is 3.67. The van der Waals surface area contributed by atoms with E-state index < -0.39 is 5.82 Å². The number of rotatable bonds is 5. The lowest BCUT2D eigenvalue weighted by Crippen LogP contribution is -2.10. The molecule has 0 fully saturated rings. The molecule has 3 nitrogen and oxygen atoms in total. The van der Waals surface area contributed by atoms with Crippen molar-refractivity contribution in [3.8, 4) is 11.5 Å². The number of anilines is 1. The van der Waals surface area contributed by atoms with Crippen molar-refractivity contribution < 1.29 is 13.9 Å². The quantitative estimate of drug-likeness (QED) is 0.652. The highest BCUT2D eigenvalue weighted by Gasteiger charge is 2.06. The van der Waals surface area contributed by atoms with Gasteiger partial charge in [0.25, 0.3) is 0 Å². The van der Waals surface area contributed by atoms with Gasteiger partial charge in [0.2, 0.25) is 0 Å². The minimum atomic E-state index is -0.463. The van der Waals surface area contributed by atoms with Gasteiger partial charge in [-0.2, -0.15) is 0 Å². The fourth-order valence-electron chi connectivity index (χ4n) is 1.50. The molecule has 0 amide bonds. The van der Waals surface area contributed by atoms with Crippen LogP contribution < -0.4 is 15.2 Å². The Morgan fingerprint density at radius 2 is 1.61 bits per heavy atom. The predicted octanol–water partition coefficient (Wildman–Crippen LogP) is 2.87. The third-order valence-electron chi connectivity index (χ3n) is 2.34. The molecule has 18 heavy (non-hydrogen) atoms. The molecule has 2 N–H and O–H groups in total. The average molecular weight is 247 g/mol. The summed E-state index contributed by atoms with van der Waals surface area (Å²) in [5.74, 6) is 0.367. The largest absolute Gasteiger partial charge is 0.490 e. The lowest BCUT2D eigenvalue weighted by molar-refractivity contribution is 0.212. The first-order valence-corrected chi connectivity index (χ1v) is 5.62. The number of para-hydroxylation sites is 2. The molecule has 0 aliphatic carbocycles. The standard InChI is InChI=1S/C14H14FNO2/c15-12-7-4-8-13(16)14(12)18-10-9-17-11-5-2-1-3-6-11/h1-8H,9-10,16H2. The van der Waals surface area contributed by atoms with Gasteiger partial charge in [-0.25, -0.2) is 4.39 Å². The second kappa shape index (κ2) is 5.91. The minimum Gasteiger partial charge on any atom is -0.490 e. The van der Waals surface area contributed by atoms with Gasteiger partial charge in [0.05, 0.1) is 5.69 Å². The van der Waals surface area contributed by atoms with Crippen LogP contribution in [0.5, 0.6) is 11.5 Å². The molecule has 0 atom stereocenters. The molecule has 0 radical (unpaired) electrons. The van der Waals surface area contributed by atoms with Crippen LogP contribution in [0.2, 0.25) is 0 Å². The Morgan fingerprint density at radius 3 is 2.33 bits per heavy atom. The van der Waals surface area contributed by atoms with Crippen LogP contribution in [0.3, 0.4) is 0 Å². The topological polar surface area (TPSA) is 44.5 Å². The smallest absolute Gasteiger partial charge is 0.177 e. The summed E-state index contributed by atoms with van der Waals surface area (Å²) in [6.07, 6.45) is 0. The Morgan fingerprint density at radius 1 is 0.889 bits per heavy atom. The third kappa shape index (κ3) is 3.13. The maximum Gasteiger partial charge on any atom is 0.177 e. The number of nitrogen functional groups attached to an aromatic ring is 1. The highest BCUT2D eigenvalue weighted by molar-refractivity contribution is 5.52. The van der Waals surface area contributed by atoms with E-state index in [1.165, 1.54) is 12.1 Å². The molecule has 0 saturated carbocycles. The zero-order valence-corrected chi connectivity index (χ0v) is 9.80. The second-order valence-electron chi connectivity index (χ2n) is 3.67. The van der Waals surface area contributed by atoms with E-state index in [1.807, 2.05) is 30.3 Å². The molecule has 0 aromatic heterocycles. The van der Waals surface area contributed by atoms with Crippen molar-refractivity contribution >= 4 is 5.69 Å². The van der Waals surface area contributed by atoms with E-state index in [9.17, 15) is 4.39 Å². The molecular weight excluding hydrogens is 233 g/mol. The van der Waals surface area contributed by atoms with Crippen molar-refractivity contribution in [1.82, 2.24) is 0 Å². The Labute approximate surface area is 105 Å². The van der Waals surface area contributed by atoms with Gasteiger partial charge in [0.15, 0.2) is 11.6 Å². The molecule has 0 spiro atoms. The zero-order chi connectivity index (χ0) is 12.8. The Balaban J connectivity index is 1.82. The van der Waals surface area contributed by atoms with Crippen LogP contribution in [0.4, 0.5) is 10.1 Å². The zero-order valence-electron chi connectivity index (χ0n) is 9.80. The molecule has 0 heterocycles. The molecule has 94 valence electrons. The Bertz CT molecular complexity index is 482. The number of ether oxygens (including phenoxy) is 2. The molecule has 4 heteroatoms. The number of benzene rings is 2. The van der Waals surface area contributed by atoms with Crippen molar-refractivity contribution in [3.05, 3.63) is 54.3 Å². The summed E-state index contributed by atoms with van der Waals surface area (Å²) in [7, 11) is 0. The molecule has 2 aromatic rings. The van der Waals surface area contributed by atoms with Gasteiger partial charge in [0.1, 0.15) is 19.0 Å². The Kier molecular flexibility index (Phi) is 4.02. The van der Waals surface area contributed by atoms with Gasteiger partial charge in [-0.05, 0) is 24.3 Å². The summed E-state index contributed by atoms with van der Waals surface area (Å²) in [6, 6.07) is 13.8. The SMILES string of the molecule is Nc1cccc(F)c1OCCOc1ccccc1. The van der Waals surface area contributed by atoms with Crippen LogP contribution in [0.25, 0.3) is 0 Å². The highest BCUT2D eigenvalue weighted by Crippen LogP contribution is 2.24. The maximum absolute atomic E-state index is 13.4. The predicted molar refractivity (Wildman–Crippen MR) is 68.2 cm³/mol. The lowest BCUT2D eigenvalue weighted by atomic mass is 10.3. The summed E-state index contributed by atoms with van der Waals surface area (Å²) < 4.78 is 24.0. The van der Waals surface area contributed by atoms with Crippen molar-refractivity contribution in [2.75, 3.05) is 18.9 Å². The molecule has 0 bridgehead atoms. The first-order valence-electron chi connectivity index (χ1n) is 5.62. The average Bonchev–Trinajstić information content (AvgIpc) is 2.38. The maximum atomic E-state index is 13.4. The van der Waals surface area contributed by atoms with E-state index in [1.54, 1.807) is 6.07 Å². The third-order valence-corrected chi connectivity index (χ3v) is 2.34. The van der Waals surface area contributed by atoms with Crippen LogP contribution in [0.15, 0.2) is 48.5 Å². The van der Waals surface area contributed by atoms with Crippen molar-refractivity contribution in [1.29, 1.82) is 0 Å². The summed E-state index contributed by atoms with van der Waals surface area (Å²) >= 11 is 0. The van der Waals surface area contributed by atoms with E-state index in [-0.39, 0.29) is 18.0 Å². The van der Waals surface area contributed by atoms with Crippen LogP contribution in [0.1, 0.15) is 0 Å². The molecule has 0 aliphatic rings. The van der Waals surface area contributed by atoms with Crippen LogP contribution in [-0.2, 0) is 0 Å². The molecule has 0 aliphatic heterocycles. The first kappa shape index (κ1) is 12.2. The van der Waals surface area contributed by atoms with Gasteiger partial charge < -0.3 is 15.2 Å². The fraction of sp³-hybridized carbons (Fsp3) is 0.143. The van der Waals surface area contributed by atoms with Crippen LogP contribution in [-0.4, -0.2) is 13.2 Å². The van der Waals surface area contributed by atoms with E-state index in [0.717, 1.165) is 5.75 Å². The van der Waals surface area contributed by atoms with E-state index >= 15 is 0 Å². The summed E-state index contributed by atoms with van der Waals surface area (Å²) in [5, 5.41) is 0. The van der Waals surface area contributed by atoms with E-state index in [4.69, 9.17) is 15.2 Å². The lowest BCUT2D eigenvalue weighted by Gasteiger charge is -2.10. The minimum absolute atomic E-state index is 0.0779. The van der Waals surface area contributed by atoms with Gasteiger partial charge in [-0.1, -0.05) is 24.3 Å². The number of nitrogens with two attached hydrogens (primary N) is 1. The van der Waals surface area contributed by atoms with Crippen molar-refractivity contribution in [2.24, 2.45) is 0 Å². The number of hydrogen-bond donors (Lipinski definition) is 1. The fourth-order valence-corrected chi connectivity index (χ4v) is 1.50. The van der Waals surface area contributed by atoms with E-state index in [2.05, 4.69) is 0 Å². The number of hydrogen-bond acceptors (Lipinski definition) is 3.